The molecule has 6 nitrogen and oxygen atoms in total. The molecule has 0 aliphatic heterocycles. The van der Waals surface area contributed by atoms with Crippen molar-refractivity contribution < 1.29 is 13.9 Å². The molecule has 142 valence electrons. The maximum atomic E-state index is 13.3. The van der Waals surface area contributed by atoms with Crippen LogP contribution in [-0.4, -0.2) is 29.6 Å². The monoisotopic (exact) mass is 380 g/mol. The highest BCUT2D eigenvalue weighted by molar-refractivity contribution is 7.18. The molecule has 8 heteroatoms. The Morgan fingerprint density at radius 3 is 2.81 bits per heavy atom. The number of aliphatic imine (C=N–C) groups is 1. The minimum atomic E-state index is -0.508. The summed E-state index contributed by atoms with van der Waals surface area (Å²) < 4.78 is 19.2. The van der Waals surface area contributed by atoms with Crippen LogP contribution in [0, 0.1) is 11.7 Å². The van der Waals surface area contributed by atoms with Crippen molar-refractivity contribution in [2.75, 3.05) is 6.61 Å². The highest BCUT2D eigenvalue weighted by Gasteiger charge is 2.22. The summed E-state index contributed by atoms with van der Waals surface area (Å²) in [6, 6.07) is 3.75. The van der Waals surface area contributed by atoms with E-state index in [2.05, 4.69) is 15.3 Å². The molecule has 0 spiro atoms. The van der Waals surface area contributed by atoms with E-state index in [4.69, 9.17) is 10.5 Å². The Kier molecular flexibility index (Phi) is 6.90. The first-order valence-corrected chi connectivity index (χ1v) is 9.45. The van der Waals surface area contributed by atoms with Gasteiger partial charge in [-0.3, -0.25) is 4.99 Å². The molecule has 0 saturated heterocycles. The summed E-state index contributed by atoms with van der Waals surface area (Å²) in [6.07, 6.45) is 0.241. The van der Waals surface area contributed by atoms with Crippen molar-refractivity contribution in [2.24, 2.45) is 16.6 Å². The highest BCUT2D eigenvalue weighted by Crippen LogP contribution is 2.28. The van der Waals surface area contributed by atoms with Gasteiger partial charge < -0.3 is 15.8 Å². The summed E-state index contributed by atoms with van der Waals surface area (Å²) in [5.41, 5.74) is 6.88. The standard InChI is InChI=1S/C18H25FN4O2S/c1-5-8-25-18(24)23-15(10(2)3)16(20)21-11(4)17-22-13-7-6-12(19)9-14(13)26-17/h6-7,9-11,15H,5,8H2,1-4H3,(H2,20,21)(H,23,24)/t11-,15+/m1/s1. The van der Waals surface area contributed by atoms with Crippen molar-refractivity contribution >= 4 is 33.5 Å². The first-order valence-electron chi connectivity index (χ1n) is 8.64. The zero-order valence-electron chi connectivity index (χ0n) is 15.5. The summed E-state index contributed by atoms with van der Waals surface area (Å²) in [4.78, 5) is 20.8. The highest BCUT2D eigenvalue weighted by atomic mass is 32.1. The van der Waals surface area contributed by atoms with Gasteiger partial charge in [-0.25, -0.2) is 14.2 Å². The maximum Gasteiger partial charge on any atom is 0.407 e. The molecule has 0 radical (unpaired) electrons. The fourth-order valence-electron chi connectivity index (χ4n) is 2.40. The number of alkyl carbamates (subject to hydrolysis) is 1. The number of aromatic nitrogens is 1. The van der Waals surface area contributed by atoms with E-state index in [1.54, 1.807) is 6.07 Å². The molecule has 1 heterocycles. The second-order valence-corrected chi connectivity index (χ2v) is 7.46. The second-order valence-electron chi connectivity index (χ2n) is 6.40. The van der Waals surface area contributed by atoms with E-state index >= 15 is 0 Å². The SMILES string of the molecule is CCCOC(=O)N[C@H](C(N)=N[C@H](C)c1nc2ccc(F)cc2s1)C(C)C. The summed E-state index contributed by atoms with van der Waals surface area (Å²) in [7, 11) is 0. The maximum absolute atomic E-state index is 13.3. The predicted molar refractivity (Wildman–Crippen MR) is 103 cm³/mol. The number of carbonyl (C=O) groups is 1. The average molecular weight is 380 g/mol. The third kappa shape index (κ3) is 5.14. The number of nitrogens with two attached hydrogens (primary N) is 1. The minimum absolute atomic E-state index is 0.0459. The van der Waals surface area contributed by atoms with E-state index < -0.39 is 12.1 Å². The van der Waals surface area contributed by atoms with Crippen molar-refractivity contribution in [3.8, 4) is 0 Å². The van der Waals surface area contributed by atoms with Crippen LogP contribution < -0.4 is 11.1 Å². The number of nitrogens with one attached hydrogen (secondary N) is 1. The van der Waals surface area contributed by atoms with E-state index in [-0.39, 0.29) is 17.8 Å². The molecule has 0 aliphatic rings. The molecule has 0 unspecified atom stereocenters. The summed E-state index contributed by atoms with van der Waals surface area (Å²) >= 11 is 1.38. The lowest BCUT2D eigenvalue weighted by Gasteiger charge is -2.22. The van der Waals surface area contributed by atoms with Gasteiger partial charge in [0.25, 0.3) is 0 Å². The van der Waals surface area contributed by atoms with Crippen molar-refractivity contribution in [1.29, 1.82) is 0 Å². The molecule has 1 aromatic carbocycles. The first kappa shape index (κ1) is 20.1. The molecule has 3 N–H and O–H groups in total. The number of ether oxygens (including phenoxy) is 1. The molecule has 1 amide bonds. The number of nitrogens with zero attached hydrogens (tertiary/aromatic N) is 2. The van der Waals surface area contributed by atoms with Crippen LogP contribution in [0.15, 0.2) is 23.2 Å². The van der Waals surface area contributed by atoms with Crippen LogP contribution in [0.25, 0.3) is 10.2 Å². The summed E-state index contributed by atoms with van der Waals surface area (Å²) in [5, 5.41) is 3.50. The van der Waals surface area contributed by atoms with Crippen LogP contribution >= 0.6 is 11.3 Å². The Hall–Kier alpha value is -2.22. The largest absolute Gasteiger partial charge is 0.450 e. The van der Waals surface area contributed by atoms with Gasteiger partial charge >= 0.3 is 6.09 Å². The fraction of sp³-hybridized carbons (Fsp3) is 0.500. The fourth-order valence-corrected chi connectivity index (χ4v) is 3.38. The van der Waals surface area contributed by atoms with Gasteiger partial charge in [0.2, 0.25) is 0 Å². The third-order valence-electron chi connectivity index (χ3n) is 3.76. The van der Waals surface area contributed by atoms with E-state index in [1.807, 2.05) is 27.7 Å². The van der Waals surface area contributed by atoms with Crippen LogP contribution in [0.5, 0.6) is 0 Å². The number of halogens is 1. The zero-order valence-corrected chi connectivity index (χ0v) is 16.3. The van der Waals surface area contributed by atoms with Crippen LogP contribution in [0.2, 0.25) is 0 Å². The molecule has 0 aliphatic carbocycles. The lowest BCUT2D eigenvalue weighted by Crippen LogP contribution is -2.48. The van der Waals surface area contributed by atoms with Crippen LogP contribution in [0.3, 0.4) is 0 Å². The second kappa shape index (κ2) is 8.93. The van der Waals surface area contributed by atoms with Crippen molar-refractivity contribution in [2.45, 2.75) is 46.2 Å². The number of fused-ring (bicyclic) bond motifs is 1. The number of hydrogen-bond acceptors (Lipinski definition) is 5. The molecule has 1 aromatic heterocycles. The Bertz CT molecular complexity index is 791. The number of thiazole rings is 1. The number of rotatable bonds is 7. The number of amides is 1. The molecule has 0 fully saturated rings. The number of carbonyl (C=O) groups excluding carboxylic acids is 1. The summed E-state index contributed by atoms with van der Waals surface area (Å²) in [6.45, 7) is 8.03. The van der Waals surface area contributed by atoms with Crippen LogP contribution in [-0.2, 0) is 4.74 Å². The van der Waals surface area contributed by atoms with Gasteiger partial charge in [-0.2, -0.15) is 0 Å². The van der Waals surface area contributed by atoms with Crippen molar-refractivity contribution in [3.63, 3.8) is 0 Å². The van der Waals surface area contributed by atoms with Gasteiger partial charge in [0, 0.05) is 0 Å². The zero-order chi connectivity index (χ0) is 19.3. The number of amidine groups is 1. The molecule has 2 rings (SSSR count). The minimum Gasteiger partial charge on any atom is -0.450 e. The van der Waals surface area contributed by atoms with E-state index in [0.717, 1.165) is 21.6 Å². The Morgan fingerprint density at radius 1 is 1.42 bits per heavy atom. The average Bonchev–Trinajstić information content (AvgIpc) is 3.00. The Labute approximate surface area is 156 Å². The van der Waals surface area contributed by atoms with Gasteiger partial charge in [0.15, 0.2) is 0 Å². The van der Waals surface area contributed by atoms with Crippen molar-refractivity contribution in [3.05, 3.63) is 29.0 Å². The Balaban J connectivity index is 2.16. The van der Waals surface area contributed by atoms with Crippen molar-refractivity contribution in [1.82, 2.24) is 10.3 Å². The smallest absolute Gasteiger partial charge is 0.407 e. The third-order valence-corrected chi connectivity index (χ3v) is 4.95. The van der Waals surface area contributed by atoms with Gasteiger partial charge in [-0.05, 0) is 37.5 Å². The lowest BCUT2D eigenvalue weighted by molar-refractivity contribution is 0.142. The first-order chi connectivity index (χ1) is 12.3. The quantitative estimate of drug-likeness (QED) is 0.561. The molecule has 0 saturated carbocycles. The molecule has 26 heavy (non-hydrogen) atoms. The molecule has 2 aromatic rings. The van der Waals surface area contributed by atoms with Gasteiger partial charge in [-0.1, -0.05) is 20.8 Å². The van der Waals surface area contributed by atoms with E-state index in [0.29, 0.717) is 12.4 Å². The van der Waals surface area contributed by atoms with Gasteiger partial charge in [0.1, 0.15) is 22.7 Å². The van der Waals surface area contributed by atoms with Gasteiger partial charge in [0.05, 0.1) is 22.9 Å². The van der Waals surface area contributed by atoms with E-state index in [1.165, 1.54) is 23.5 Å². The molecular weight excluding hydrogens is 355 g/mol. The van der Waals surface area contributed by atoms with E-state index in [9.17, 15) is 9.18 Å². The predicted octanol–water partition coefficient (Wildman–Crippen LogP) is 4.01. The normalized spacial score (nSPS) is 14.5. The number of benzene rings is 1. The molecule has 2 atom stereocenters. The molecular formula is C18H25FN4O2S. The number of hydrogen-bond donors (Lipinski definition) is 2. The lowest BCUT2D eigenvalue weighted by atomic mass is 10.0. The van der Waals surface area contributed by atoms with Crippen LogP contribution in [0.1, 0.15) is 45.2 Å². The Morgan fingerprint density at radius 2 is 2.15 bits per heavy atom. The topological polar surface area (TPSA) is 89.6 Å². The molecule has 0 bridgehead atoms. The van der Waals surface area contributed by atoms with Gasteiger partial charge in [-0.15, -0.1) is 11.3 Å². The van der Waals surface area contributed by atoms with Crippen LogP contribution in [0.4, 0.5) is 9.18 Å². The summed E-state index contributed by atoms with van der Waals surface area (Å²) in [5.74, 6) is 0.0639.